The smallest absolute Gasteiger partial charge is 0.262 e. The van der Waals surface area contributed by atoms with Crippen LogP contribution < -0.4 is 9.03 Å². The summed E-state index contributed by atoms with van der Waals surface area (Å²) in [7, 11) is -7.16. The van der Waals surface area contributed by atoms with Gasteiger partial charge in [-0.25, -0.2) is 21.8 Å². The van der Waals surface area contributed by atoms with Crippen molar-refractivity contribution in [1.82, 2.24) is 4.98 Å². The number of aromatic nitrogens is 1. The molecule has 2 heterocycles. The minimum absolute atomic E-state index is 0.0973. The van der Waals surface area contributed by atoms with Crippen LogP contribution in [0, 0.1) is 13.8 Å². The topological polar surface area (TPSA) is 96.4 Å². The Balaban J connectivity index is 1.46. The van der Waals surface area contributed by atoms with Crippen LogP contribution in [0.4, 0.5) is 11.4 Å². The lowest BCUT2D eigenvalue weighted by Gasteiger charge is -2.32. The summed E-state index contributed by atoms with van der Waals surface area (Å²) in [4.78, 5) is 4.83. The van der Waals surface area contributed by atoms with Crippen LogP contribution in [-0.2, 0) is 20.0 Å². The summed E-state index contributed by atoms with van der Waals surface area (Å²) in [6.45, 7) is 4.02. The van der Waals surface area contributed by atoms with Crippen LogP contribution in [-0.4, -0.2) is 34.1 Å². The fourth-order valence-corrected chi connectivity index (χ4v) is 6.47. The molecule has 34 heavy (non-hydrogen) atoms. The normalized spacial score (nSPS) is 15.2. The van der Waals surface area contributed by atoms with Gasteiger partial charge in [-0.05, 0) is 67.4 Å². The second-order valence-electron chi connectivity index (χ2n) is 8.36. The van der Waals surface area contributed by atoms with E-state index in [2.05, 4.69) is 4.72 Å². The van der Waals surface area contributed by atoms with Gasteiger partial charge >= 0.3 is 0 Å². The van der Waals surface area contributed by atoms with Crippen LogP contribution in [0.1, 0.15) is 11.1 Å². The van der Waals surface area contributed by atoms with E-state index in [-0.39, 0.29) is 10.6 Å². The minimum Gasteiger partial charge on any atom is -0.280 e. The van der Waals surface area contributed by atoms with Crippen LogP contribution in [0.5, 0.6) is 0 Å². The van der Waals surface area contributed by atoms with E-state index >= 15 is 0 Å². The van der Waals surface area contributed by atoms with Crippen molar-refractivity contribution in [3.8, 4) is 11.3 Å². The van der Waals surface area contributed by atoms with E-state index in [9.17, 15) is 16.8 Å². The summed E-state index contributed by atoms with van der Waals surface area (Å²) in [6, 6.07) is 21.7. The van der Waals surface area contributed by atoms with Gasteiger partial charge < -0.3 is 0 Å². The molecule has 4 aromatic rings. The Morgan fingerprint density at radius 1 is 0.912 bits per heavy atom. The molecule has 0 unspecified atom stereocenters. The largest absolute Gasteiger partial charge is 0.280 e. The molecule has 1 N–H and O–H groups in total. The Morgan fingerprint density at radius 2 is 1.71 bits per heavy atom. The number of fused-ring (bicyclic) bond motifs is 1. The van der Waals surface area contributed by atoms with Crippen molar-refractivity contribution in [1.29, 1.82) is 0 Å². The maximum absolute atomic E-state index is 13.2. The van der Waals surface area contributed by atoms with Gasteiger partial charge in [0.25, 0.3) is 10.0 Å². The van der Waals surface area contributed by atoms with Gasteiger partial charge in [0.15, 0.2) is 0 Å². The van der Waals surface area contributed by atoms with Crippen LogP contribution in [0.15, 0.2) is 77.7 Å². The third kappa shape index (κ3) is 4.01. The van der Waals surface area contributed by atoms with E-state index < -0.39 is 20.0 Å². The van der Waals surface area contributed by atoms with Gasteiger partial charge in [0.05, 0.1) is 27.5 Å². The number of sulfonamides is 2. The molecular formula is C25H23N3O4S2. The maximum Gasteiger partial charge on any atom is 0.262 e. The Kier molecular flexibility index (Phi) is 5.33. The number of hydrogen-bond donors (Lipinski definition) is 1. The summed E-state index contributed by atoms with van der Waals surface area (Å²) in [5.74, 6) is 0.107. The molecule has 1 aliphatic heterocycles. The summed E-state index contributed by atoms with van der Waals surface area (Å²) in [5.41, 5.74) is 4.80. The highest BCUT2D eigenvalue weighted by molar-refractivity contribution is 7.94. The monoisotopic (exact) mass is 493 g/mol. The number of nitrogens with one attached hydrogen (secondary N) is 1. The Bertz CT molecular complexity index is 1650. The van der Waals surface area contributed by atoms with Gasteiger partial charge in [0.2, 0.25) is 10.0 Å². The van der Waals surface area contributed by atoms with Crippen molar-refractivity contribution in [2.45, 2.75) is 18.7 Å². The molecule has 0 aliphatic carbocycles. The molecule has 1 aliphatic rings. The van der Waals surface area contributed by atoms with Crippen molar-refractivity contribution in [3.63, 3.8) is 0 Å². The molecule has 0 bridgehead atoms. The predicted octanol–water partition coefficient (Wildman–Crippen LogP) is 4.47. The van der Waals surface area contributed by atoms with Crippen LogP contribution in [0.3, 0.4) is 0 Å². The molecule has 0 spiro atoms. The Morgan fingerprint density at radius 3 is 2.41 bits per heavy atom. The lowest BCUT2D eigenvalue weighted by molar-refractivity contribution is 0.578. The highest BCUT2D eigenvalue weighted by Gasteiger charge is 2.33. The third-order valence-corrected chi connectivity index (χ3v) is 9.29. The average Bonchev–Trinajstić information content (AvgIpc) is 2.79. The second kappa shape index (κ2) is 8.11. The lowest BCUT2D eigenvalue weighted by Crippen LogP contribution is -2.47. The van der Waals surface area contributed by atoms with Gasteiger partial charge in [-0.15, -0.1) is 0 Å². The zero-order chi connectivity index (χ0) is 24.1. The number of nitrogens with zero attached hydrogens (tertiary/aromatic N) is 2. The molecule has 0 atom stereocenters. The standard InChI is InChI=1S/C25H23N3O4S2/c1-17-7-9-20(16-22(17)24-11-8-19-5-3-4-6-23(19)26-24)27-34(31,32)25-12-10-21(15-18(25)2)28-13-14-33(28,29)30/h3-12,15-16,27H,13-14H2,1-2H3. The van der Waals surface area contributed by atoms with Crippen molar-refractivity contribution in [2.24, 2.45) is 0 Å². The predicted molar refractivity (Wildman–Crippen MR) is 135 cm³/mol. The van der Waals surface area contributed by atoms with E-state index in [0.717, 1.165) is 27.7 Å². The van der Waals surface area contributed by atoms with Gasteiger partial charge in [0.1, 0.15) is 0 Å². The second-order valence-corrected chi connectivity index (χ2v) is 12.0. The molecule has 0 radical (unpaired) electrons. The van der Waals surface area contributed by atoms with E-state index in [4.69, 9.17) is 4.98 Å². The molecule has 1 fully saturated rings. The zero-order valence-electron chi connectivity index (χ0n) is 18.7. The van der Waals surface area contributed by atoms with E-state index in [1.54, 1.807) is 25.1 Å². The highest BCUT2D eigenvalue weighted by Crippen LogP contribution is 2.31. The number of para-hydroxylation sites is 1. The molecule has 5 rings (SSSR count). The van der Waals surface area contributed by atoms with Crippen LogP contribution in [0.25, 0.3) is 22.2 Å². The average molecular weight is 494 g/mol. The van der Waals surface area contributed by atoms with Gasteiger partial charge in [-0.1, -0.05) is 30.3 Å². The van der Waals surface area contributed by atoms with Crippen molar-refractivity contribution in [3.05, 3.63) is 83.9 Å². The first-order valence-electron chi connectivity index (χ1n) is 10.7. The fourth-order valence-electron chi connectivity index (χ4n) is 4.10. The first kappa shape index (κ1) is 22.4. The molecule has 1 saturated heterocycles. The van der Waals surface area contributed by atoms with E-state index in [1.807, 2.05) is 49.4 Å². The number of benzene rings is 3. The first-order chi connectivity index (χ1) is 16.1. The maximum atomic E-state index is 13.2. The Hall–Kier alpha value is -3.43. The molecule has 174 valence electrons. The quantitative estimate of drug-likeness (QED) is 0.443. The van der Waals surface area contributed by atoms with E-state index in [0.29, 0.717) is 23.5 Å². The fraction of sp³-hybridized carbons (Fsp3) is 0.160. The molecule has 9 heteroatoms. The molecule has 1 aromatic heterocycles. The summed E-state index contributed by atoms with van der Waals surface area (Å²) in [6.07, 6.45) is 0. The Labute approximate surface area is 199 Å². The van der Waals surface area contributed by atoms with Gasteiger partial charge in [0, 0.05) is 23.2 Å². The number of aryl methyl sites for hydroxylation is 2. The van der Waals surface area contributed by atoms with Crippen molar-refractivity contribution in [2.75, 3.05) is 21.3 Å². The molecule has 0 amide bonds. The first-order valence-corrected chi connectivity index (χ1v) is 13.8. The number of anilines is 2. The number of rotatable bonds is 5. The summed E-state index contributed by atoms with van der Waals surface area (Å²) >= 11 is 0. The van der Waals surface area contributed by atoms with E-state index in [1.165, 1.54) is 16.4 Å². The minimum atomic E-state index is -3.89. The molecular weight excluding hydrogens is 470 g/mol. The zero-order valence-corrected chi connectivity index (χ0v) is 20.3. The molecule has 3 aromatic carbocycles. The SMILES string of the molecule is Cc1ccc(NS(=O)(=O)c2ccc(N3CCS3(=O)=O)cc2C)cc1-c1ccc2ccccc2n1. The van der Waals surface area contributed by atoms with Gasteiger partial charge in [-0.2, -0.15) is 0 Å². The van der Waals surface area contributed by atoms with Crippen molar-refractivity contribution < 1.29 is 16.8 Å². The summed E-state index contributed by atoms with van der Waals surface area (Å²) < 4.78 is 54.1. The molecule has 7 nitrogen and oxygen atoms in total. The van der Waals surface area contributed by atoms with Crippen LogP contribution in [0.2, 0.25) is 0 Å². The third-order valence-electron chi connectivity index (χ3n) is 5.99. The number of hydrogen-bond acceptors (Lipinski definition) is 5. The van der Waals surface area contributed by atoms with Gasteiger partial charge in [-0.3, -0.25) is 9.03 Å². The molecule has 0 saturated carbocycles. The number of pyridine rings is 1. The summed E-state index contributed by atoms with van der Waals surface area (Å²) in [5, 5.41) is 1.03. The van der Waals surface area contributed by atoms with Crippen molar-refractivity contribution >= 4 is 42.3 Å². The highest BCUT2D eigenvalue weighted by atomic mass is 32.2. The lowest BCUT2D eigenvalue weighted by atomic mass is 10.0. The van der Waals surface area contributed by atoms with Crippen LogP contribution >= 0.6 is 0 Å².